The third kappa shape index (κ3) is 3.79. The molecule has 0 fully saturated rings. The van der Waals surface area contributed by atoms with Gasteiger partial charge in [-0.25, -0.2) is 0 Å². The minimum atomic E-state index is -0.119. The number of amides is 1. The average Bonchev–Trinajstić information content (AvgIpc) is 2.36. The lowest BCUT2D eigenvalue weighted by atomic mass is 10.1. The Labute approximate surface area is 142 Å². The van der Waals surface area contributed by atoms with Crippen molar-refractivity contribution in [2.24, 2.45) is 0 Å². The maximum atomic E-state index is 12.3. The summed E-state index contributed by atoms with van der Waals surface area (Å²) in [6.45, 7) is 1.96. The molecule has 0 unspecified atom stereocenters. The van der Waals surface area contributed by atoms with Crippen molar-refractivity contribution in [1.29, 1.82) is 0 Å². The lowest BCUT2D eigenvalue weighted by molar-refractivity contribution is 0.102. The van der Waals surface area contributed by atoms with Crippen molar-refractivity contribution in [2.45, 2.75) is 6.92 Å². The summed E-state index contributed by atoms with van der Waals surface area (Å²) in [5.41, 5.74) is 2.47. The highest BCUT2D eigenvalue weighted by Crippen LogP contribution is 2.24. The van der Waals surface area contributed by atoms with Gasteiger partial charge in [0.2, 0.25) is 0 Å². The molecule has 0 heterocycles. The molecular weight excluding hydrogens is 485 g/mol. The van der Waals surface area contributed by atoms with Crippen LogP contribution in [0.15, 0.2) is 45.3 Å². The number of aryl methyl sites for hydroxylation is 1. The highest BCUT2D eigenvalue weighted by Gasteiger charge is 2.12. The minimum absolute atomic E-state index is 0.119. The van der Waals surface area contributed by atoms with Crippen LogP contribution < -0.4 is 5.32 Å². The predicted molar refractivity (Wildman–Crippen MR) is 93.7 cm³/mol. The number of benzene rings is 2. The van der Waals surface area contributed by atoms with Crippen molar-refractivity contribution in [1.82, 2.24) is 0 Å². The van der Waals surface area contributed by atoms with Crippen LogP contribution >= 0.6 is 54.5 Å². The van der Waals surface area contributed by atoms with E-state index in [0.717, 1.165) is 23.8 Å². The molecule has 0 saturated heterocycles. The third-order valence-electron chi connectivity index (χ3n) is 2.62. The quantitative estimate of drug-likeness (QED) is 0.558. The van der Waals surface area contributed by atoms with E-state index in [1.807, 2.05) is 43.3 Å². The Morgan fingerprint density at radius 2 is 1.89 bits per heavy atom. The molecule has 1 N–H and O–H groups in total. The number of carbonyl (C=O) groups is 1. The molecule has 2 rings (SSSR count). The normalized spacial score (nSPS) is 10.3. The first-order valence-electron chi connectivity index (χ1n) is 5.50. The Balaban J connectivity index is 2.30. The zero-order valence-corrected chi connectivity index (χ0v) is 15.3. The lowest BCUT2D eigenvalue weighted by Crippen LogP contribution is -2.13. The lowest BCUT2D eigenvalue weighted by Gasteiger charge is -2.10. The van der Waals surface area contributed by atoms with Gasteiger partial charge in [-0.3, -0.25) is 4.79 Å². The fourth-order valence-electron chi connectivity index (χ4n) is 1.59. The second kappa shape index (κ2) is 6.37. The summed E-state index contributed by atoms with van der Waals surface area (Å²) in [4.78, 5) is 12.3. The van der Waals surface area contributed by atoms with Crippen LogP contribution in [0.4, 0.5) is 5.69 Å². The number of anilines is 1. The fourth-order valence-corrected chi connectivity index (χ4v) is 2.87. The second-order valence-corrected chi connectivity index (χ2v) is 7.05. The van der Waals surface area contributed by atoms with Gasteiger partial charge in [-0.1, -0.05) is 22.0 Å². The van der Waals surface area contributed by atoms with Gasteiger partial charge in [0.25, 0.3) is 5.91 Å². The summed E-state index contributed by atoms with van der Waals surface area (Å²) < 4.78 is 2.75. The molecule has 0 atom stereocenters. The van der Waals surface area contributed by atoms with Crippen molar-refractivity contribution in [3.8, 4) is 0 Å². The zero-order chi connectivity index (χ0) is 14.0. The van der Waals surface area contributed by atoms with Crippen molar-refractivity contribution >= 4 is 66.0 Å². The first kappa shape index (κ1) is 15.0. The predicted octanol–water partition coefficient (Wildman–Crippen LogP) is 5.38. The molecule has 0 aliphatic rings. The molecule has 19 heavy (non-hydrogen) atoms. The first-order valence-corrected chi connectivity index (χ1v) is 8.16. The highest BCUT2D eigenvalue weighted by atomic mass is 127. The topological polar surface area (TPSA) is 29.1 Å². The van der Waals surface area contributed by atoms with E-state index < -0.39 is 0 Å². The van der Waals surface area contributed by atoms with Crippen molar-refractivity contribution in [3.05, 3.63) is 60.0 Å². The molecule has 0 bridgehead atoms. The summed E-state index contributed by atoms with van der Waals surface area (Å²) >= 11 is 9.00. The molecule has 2 aromatic carbocycles. The molecule has 2 aromatic rings. The van der Waals surface area contributed by atoms with Gasteiger partial charge in [-0.05, 0) is 81.3 Å². The monoisotopic (exact) mass is 493 g/mol. The number of rotatable bonds is 2. The van der Waals surface area contributed by atoms with Gasteiger partial charge in [0.05, 0.1) is 5.56 Å². The smallest absolute Gasteiger partial charge is 0.256 e. The molecule has 2 nitrogen and oxygen atoms in total. The van der Waals surface area contributed by atoms with Gasteiger partial charge in [-0.2, -0.15) is 0 Å². The van der Waals surface area contributed by atoms with E-state index in [0.29, 0.717) is 5.56 Å². The molecule has 0 radical (unpaired) electrons. The van der Waals surface area contributed by atoms with Crippen LogP contribution in [0.2, 0.25) is 0 Å². The van der Waals surface area contributed by atoms with E-state index in [1.165, 1.54) is 0 Å². The SMILES string of the molecule is Cc1ccc(Br)cc1NC(=O)c1cc(I)ccc1Br. The number of halogens is 3. The van der Waals surface area contributed by atoms with Gasteiger partial charge in [0, 0.05) is 18.2 Å². The van der Waals surface area contributed by atoms with Crippen LogP contribution in [0.3, 0.4) is 0 Å². The Bertz CT molecular complexity index is 643. The van der Waals surface area contributed by atoms with E-state index in [4.69, 9.17) is 0 Å². The summed E-state index contributed by atoms with van der Waals surface area (Å²) in [6, 6.07) is 11.5. The minimum Gasteiger partial charge on any atom is -0.322 e. The number of carbonyl (C=O) groups excluding carboxylic acids is 1. The van der Waals surface area contributed by atoms with E-state index in [9.17, 15) is 4.79 Å². The van der Waals surface area contributed by atoms with Crippen LogP contribution in [-0.4, -0.2) is 5.91 Å². The molecule has 0 aliphatic carbocycles. The molecule has 0 aromatic heterocycles. The molecule has 98 valence electrons. The Kier molecular flexibility index (Phi) is 5.03. The molecule has 0 spiro atoms. The third-order valence-corrected chi connectivity index (χ3v) is 4.48. The van der Waals surface area contributed by atoms with Crippen LogP contribution in [0.1, 0.15) is 15.9 Å². The molecule has 5 heteroatoms. The summed E-state index contributed by atoms with van der Waals surface area (Å²) in [5.74, 6) is -0.119. The van der Waals surface area contributed by atoms with Crippen LogP contribution in [0, 0.1) is 10.5 Å². The second-order valence-electron chi connectivity index (χ2n) is 4.04. The Morgan fingerprint density at radius 1 is 1.16 bits per heavy atom. The maximum absolute atomic E-state index is 12.3. The standard InChI is InChI=1S/C14H10Br2INO/c1-8-2-3-9(15)6-13(8)18-14(19)11-7-10(17)4-5-12(11)16/h2-7H,1H3,(H,18,19). The zero-order valence-electron chi connectivity index (χ0n) is 10.0. The Morgan fingerprint density at radius 3 is 2.63 bits per heavy atom. The van der Waals surface area contributed by atoms with Crippen molar-refractivity contribution < 1.29 is 4.79 Å². The average molecular weight is 495 g/mol. The maximum Gasteiger partial charge on any atom is 0.256 e. The van der Waals surface area contributed by atoms with Gasteiger partial charge in [0.15, 0.2) is 0 Å². The van der Waals surface area contributed by atoms with E-state index in [2.05, 4.69) is 59.8 Å². The largest absolute Gasteiger partial charge is 0.322 e. The Hall–Kier alpha value is -0.400. The van der Waals surface area contributed by atoms with Crippen molar-refractivity contribution in [2.75, 3.05) is 5.32 Å². The van der Waals surface area contributed by atoms with Crippen LogP contribution in [-0.2, 0) is 0 Å². The summed E-state index contributed by atoms with van der Waals surface area (Å²) in [6.07, 6.45) is 0. The van der Waals surface area contributed by atoms with E-state index >= 15 is 0 Å². The van der Waals surface area contributed by atoms with E-state index in [1.54, 1.807) is 0 Å². The molecule has 0 aliphatic heterocycles. The summed E-state index contributed by atoms with van der Waals surface area (Å²) in [5, 5.41) is 2.93. The van der Waals surface area contributed by atoms with Gasteiger partial charge >= 0.3 is 0 Å². The van der Waals surface area contributed by atoms with Gasteiger partial charge in [-0.15, -0.1) is 0 Å². The number of nitrogens with one attached hydrogen (secondary N) is 1. The molecular formula is C14H10Br2INO. The van der Waals surface area contributed by atoms with Crippen LogP contribution in [0.25, 0.3) is 0 Å². The molecule has 1 amide bonds. The number of hydrogen-bond donors (Lipinski definition) is 1. The van der Waals surface area contributed by atoms with Crippen LogP contribution in [0.5, 0.6) is 0 Å². The van der Waals surface area contributed by atoms with Crippen molar-refractivity contribution in [3.63, 3.8) is 0 Å². The first-order chi connectivity index (χ1) is 8.97. The van der Waals surface area contributed by atoms with E-state index in [-0.39, 0.29) is 5.91 Å². The highest BCUT2D eigenvalue weighted by molar-refractivity contribution is 14.1. The van der Waals surface area contributed by atoms with Gasteiger partial charge < -0.3 is 5.32 Å². The fraction of sp³-hybridized carbons (Fsp3) is 0.0714. The summed E-state index contributed by atoms with van der Waals surface area (Å²) in [7, 11) is 0. The van der Waals surface area contributed by atoms with Gasteiger partial charge in [0.1, 0.15) is 0 Å². The number of hydrogen-bond acceptors (Lipinski definition) is 1. The molecule has 0 saturated carbocycles.